The molecule has 0 aromatic rings. The number of aliphatic hydroxyl groups excluding tert-OH is 1. The maximum absolute atomic E-state index is 13.9. The van der Waals surface area contributed by atoms with E-state index in [2.05, 4.69) is 19.9 Å². The molecule has 3 saturated carbocycles. The average molecular weight is 453 g/mol. The summed E-state index contributed by atoms with van der Waals surface area (Å²) < 4.78 is 25.4. The molecule has 0 amide bonds. The summed E-state index contributed by atoms with van der Waals surface area (Å²) in [6.07, 6.45) is 8.78. The molecule has 176 valence electrons. The van der Waals surface area contributed by atoms with Crippen molar-refractivity contribution in [2.45, 2.75) is 91.3 Å². The topological polar surface area (TPSA) is 72.8 Å². The molecule has 0 aliphatic heterocycles. The van der Waals surface area contributed by atoms with Crippen LogP contribution >= 0.6 is 7.60 Å². The molecule has 4 aliphatic carbocycles. The van der Waals surface area contributed by atoms with Gasteiger partial charge in [-0.15, -0.1) is 0 Å². The first-order valence-corrected chi connectivity index (χ1v) is 14.0. The van der Waals surface area contributed by atoms with E-state index in [9.17, 15) is 14.5 Å². The van der Waals surface area contributed by atoms with Crippen molar-refractivity contribution in [2.24, 2.45) is 34.5 Å². The van der Waals surface area contributed by atoms with Crippen LogP contribution in [0.5, 0.6) is 0 Å². The molecule has 4 rings (SSSR count). The first kappa shape index (κ1) is 23.7. The van der Waals surface area contributed by atoms with E-state index in [1.54, 1.807) is 6.92 Å². The van der Waals surface area contributed by atoms with E-state index >= 15 is 0 Å². The van der Waals surface area contributed by atoms with Gasteiger partial charge in [-0.25, -0.2) is 0 Å². The highest BCUT2D eigenvalue weighted by molar-refractivity contribution is 7.54. The van der Waals surface area contributed by atoms with Crippen LogP contribution in [-0.2, 0) is 18.4 Å². The Labute approximate surface area is 187 Å². The zero-order valence-electron chi connectivity index (χ0n) is 19.9. The number of rotatable bonds is 6. The van der Waals surface area contributed by atoms with Crippen LogP contribution in [0.4, 0.5) is 0 Å². The third kappa shape index (κ3) is 3.63. The molecule has 0 spiro atoms. The number of aliphatic hydroxyl groups is 1. The average Bonchev–Trinajstić information content (AvgIpc) is 3.03. The van der Waals surface area contributed by atoms with Crippen molar-refractivity contribution < 1.29 is 23.5 Å². The largest absolute Gasteiger partial charge is 0.393 e. The van der Waals surface area contributed by atoms with Gasteiger partial charge in [-0.3, -0.25) is 9.36 Å². The Morgan fingerprint density at radius 1 is 1.16 bits per heavy atom. The van der Waals surface area contributed by atoms with Gasteiger partial charge in [-0.1, -0.05) is 25.5 Å². The Hall–Kier alpha value is -0.480. The maximum atomic E-state index is 13.9. The number of Topliss-reactive ketones (excluding diaryl/α,β-unsaturated/α-hetero) is 1. The second-order valence-corrected chi connectivity index (χ2v) is 13.2. The van der Waals surface area contributed by atoms with E-state index in [0.717, 1.165) is 44.9 Å². The van der Waals surface area contributed by atoms with Crippen molar-refractivity contribution in [3.63, 3.8) is 0 Å². The lowest BCUT2D eigenvalue weighted by Crippen LogP contribution is -2.51. The molecule has 0 radical (unpaired) electrons. The van der Waals surface area contributed by atoms with Gasteiger partial charge in [-0.05, 0) is 94.3 Å². The second kappa shape index (κ2) is 8.38. The summed E-state index contributed by atoms with van der Waals surface area (Å²) in [7, 11) is -3.36. The lowest BCUT2D eigenvalue weighted by Gasteiger charge is -2.57. The standard InChI is InChI=1S/C25H41O5P/c1-6-29-31(28,30-7-2)22-15-21-19-9-8-17-14-18(27)10-12-24(17,4)20(19)11-13-25(21,5)23(22)16(3)26/h8,18-23,27H,6-7,9-15H2,1-5H3. The van der Waals surface area contributed by atoms with Crippen molar-refractivity contribution in [1.82, 2.24) is 0 Å². The van der Waals surface area contributed by atoms with Gasteiger partial charge in [0.05, 0.1) is 25.0 Å². The zero-order chi connectivity index (χ0) is 22.6. The molecular weight excluding hydrogens is 411 g/mol. The van der Waals surface area contributed by atoms with Gasteiger partial charge >= 0.3 is 7.60 Å². The molecule has 0 aromatic heterocycles. The van der Waals surface area contributed by atoms with Crippen molar-refractivity contribution >= 4 is 13.4 Å². The van der Waals surface area contributed by atoms with Gasteiger partial charge in [0.2, 0.25) is 0 Å². The summed E-state index contributed by atoms with van der Waals surface area (Å²) in [5.41, 5.74) is 1.10. The highest BCUT2D eigenvalue weighted by atomic mass is 31.2. The SMILES string of the molecule is CCOP(=O)(OCC)C1CC2C3CC=C4CC(O)CCC4(C)C3CCC2(C)C1C(C)=O. The van der Waals surface area contributed by atoms with Gasteiger partial charge in [0.1, 0.15) is 5.78 Å². The Balaban J connectivity index is 1.71. The minimum atomic E-state index is -3.36. The minimum Gasteiger partial charge on any atom is -0.393 e. The number of allylic oxidation sites excluding steroid dienone is 1. The first-order valence-electron chi connectivity index (χ1n) is 12.4. The fourth-order valence-corrected chi connectivity index (χ4v) is 10.9. The van der Waals surface area contributed by atoms with Crippen LogP contribution in [-0.4, -0.2) is 35.9 Å². The summed E-state index contributed by atoms with van der Waals surface area (Å²) in [4.78, 5) is 13.0. The van der Waals surface area contributed by atoms with Gasteiger partial charge in [0.15, 0.2) is 0 Å². The van der Waals surface area contributed by atoms with Crippen LogP contribution in [0.25, 0.3) is 0 Å². The van der Waals surface area contributed by atoms with Crippen molar-refractivity contribution in [1.29, 1.82) is 0 Å². The quantitative estimate of drug-likeness (QED) is 0.410. The van der Waals surface area contributed by atoms with Crippen LogP contribution in [0.2, 0.25) is 0 Å². The third-order valence-electron chi connectivity index (χ3n) is 9.57. The van der Waals surface area contributed by atoms with E-state index in [1.165, 1.54) is 5.57 Å². The molecule has 8 atom stereocenters. The van der Waals surface area contributed by atoms with E-state index in [0.29, 0.717) is 31.0 Å². The Kier molecular flexibility index (Phi) is 6.40. The Bertz CT molecular complexity index is 783. The van der Waals surface area contributed by atoms with E-state index in [-0.39, 0.29) is 34.3 Å². The summed E-state index contributed by atoms with van der Waals surface area (Å²) in [5.74, 6) is 1.27. The molecule has 31 heavy (non-hydrogen) atoms. The predicted octanol–water partition coefficient (Wildman–Crippen LogP) is 5.76. The van der Waals surface area contributed by atoms with Gasteiger partial charge in [0.25, 0.3) is 0 Å². The fraction of sp³-hybridized carbons (Fsp3) is 0.880. The molecule has 1 N–H and O–H groups in total. The van der Waals surface area contributed by atoms with E-state index in [1.807, 2.05) is 13.8 Å². The summed E-state index contributed by atoms with van der Waals surface area (Å²) >= 11 is 0. The lowest BCUT2D eigenvalue weighted by atomic mass is 9.47. The number of carbonyl (C=O) groups excluding carboxylic acids is 1. The summed E-state index contributed by atoms with van der Waals surface area (Å²) in [5, 5.41) is 10.2. The third-order valence-corrected chi connectivity index (χ3v) is 12.1. The number of fused-ring (bicyclic) bond motifs is 5. The molecule has 8 unspecified atom stereocenters. The number of ketones is 1. The lowest BCUT2D eigenvalue weighted by molar-refractivity contribution is -0.127. The van der Waals surface area contributed by atoms with Crippen LogP contribution in [0.3, 0.4) is 0 Å². The van der Waals surface area contributed by atoms with Gasteiger partial charge < -0.3 is 14.2 Å². The van der Waals surface area contributed by atoms with Crippen LogP contribution < -0.4 is 0 Å². The zero-order valence-corrected chi connectivity index (χ0v) is 20.8. The number of hydrogen-bond acceptors (Lipinski definition) is 5. The highest BCUT2D eigenvalue weighted by Crippen LogP contribution is 2.72. The molecule has 5 nitrogen and oxygen atoms in total. The second-order valence-electron chi connectivity index (χ2n) is 11.0. The predicted molar refractivity (Wildman–Crippen MR) is 122 cm³/mol. The molecule has 0 heterocycles. The first-order chi connectivity index (χ1) is 14.6. The molecule has 0 saturated heterocycles. The fourth-order valence-electron chi connectivity index (χ4n) is 8.29. The molecular formula is C25H41O5P. The van der Waals surface area contributed by atoms with E-state index in [4.69, 9.17) is 9.05 Å². The van der Waals surface area contributed by atoms with Crippen LogP contribution in [0.15, 0.2) is 11.6 Å². The molecule has 3 fully saturated rings. The van der Waals surface area contributed by atoms with Crippen molar-refractivity contribution in [2.75, 3.05) is 13.2 Å². The molecule has 0 bridgehead atoms. The van der Waals surface area contributed by atoms with E-state index < -0.39 is 7.60 Å². The van der Waals surface area contributed by atoms with Crippen molar-refractivity contribution in [3.05, 3.63) is 11.6 Å². The Morgan fingerprint density at radius 3 is 2.45 bits per heavy atom. The van der Waals surface area contributed by atoms with Crippen LogP contribution in [0, 0.1) is 34.5 Å². The Morgan fingerprint density at radius 2 is 1.84 bits per heavy atom. The monoisotopic (exact) mass is 452 g/mol. The van der Waals surface area contributed by atoms with Crippen molar-refractivity contribution in [3.8, 4) is 0 Å². The van der Waals surface area contributed by atoms with Crippen LogP contribution in [0.1, 0.15) is 79.6 Å². The van der Waals surface area contributed by atoms with Gasteiger partial charge in [-0.2, -0.15) is 0 Å². The number of carbonyl (C=O) groups is 1. The molecule has 6 heteroatoms. The smallest absolute Gasteiger partial charge is 0.334 e. The summed E-state index contributed by atoms with van der Waals surface area (Å²) in [6.45, 7) is 10.7. The molecule has 0 aromatic carbocycles. The molecule has 4 aliphatic rings. The normalized spacial score (nSPS) is 44.8. The highest BCUT2D eigenvalue weighted by Gasteiger charge is 2.65. The maximum Gasteiger partial charge on any atom is 0.334 e. The summed E-state index contributed by atoms with van der Waals surface area (Å²) in [6, 6.07) is 0. The minimum absolute atomic E-state index is 0.132. The number of hydrogen-bond donors (Lipinski definition) is 1. The van der Waals surface area contributed by atoms with Gasteiger partial charge in [0, 0.05) is 5.92 Å².